The second kappa shape index (κ2) is 10.4. The smallest absolute Gasteiger partial charge is 0.325 e. The average molecular weight is 431 g/mol. The third-order valence-corrected chi connectivity index (χ3v) is 5.84. The van der Waals surface area contributed by atoms with Crippen LogP contribution in [0.4, 0.5) is 4.79 Å². The van der Waals surface area contributed by atoms with Gasteiger partial charge >= 0.3 is 12.0 Å². The number of hydrogen-bond acceptors (Lipinski definition) is 6. The molecule has 0 unspecified atom stereocenters. The Morgan fingerprint density at radius 3 is 2.68 bits per heavy atom. The number of amides is 4. The molecule has 1 saturated carbocycles. The molecule has 0 atom stereocenters. The van der Waals surface area contributed by atoms with Crippen molar-refractivity contribution in [2.24, 2.45) is 0 Å². The Morgan fingerprint density at radius 1 is 1.23 bits per heavy atom. The number of nitrogens with one attached hydrogen (secondary N) is 1. The number of rotatable bonds is 9. The first-order chi connectivity index (χ1) is 14.9. The van der Waals surface area contributed by atoms with Crippen molar-refractivity contribution >= 4 is 23.8 Å². The maximum Gasteiger partial charge on any atom is 0.325 e. The van der Waals surface area contributed by atoms with Crippen molar-refractivity contribution in [3.8, 4) is 0 Å². The van der Waals surface area contributed by atoms with Crippen molar-refractivity contribution in [1.29, 1.82) is 0 Å². The van der Waals surface area contributed by atoms with Crippen LogP contribution in [-0.2, 0) is 25.7 Å². The van der Waals surface area contributed by atoms with Gasteiger partial charge in [0.05, 0.1) is 13.0 Å². The van der Waals surface area contributed by atoms with Gasteiger partial charge in [0, 0.05) is 38.4 Å². The Labute approximate surface area is 182 Å². The molecule has 2 heterocycles. The van der Waals surface area contributed by atoms with Crippen LogP contribution in [0.1, 0.15) is 57.4 Å². The summed E-state index contributed by atoms with van der Waals surface area (Å²) in [4.78, 5) is 56.8. The van der Waals surface area contributed by atoms with Crippen molar-refractivity contribution in [3.05, 3.63) is 30.1 Å². The first kappa shape index (κ1) is 22.7. The highest BCUT2D eigenvalue weighted by Gasteiger charge is 2.51. The van der Waals surface area contributed by atoms with E-state index in [4.69, 9.17) is 4.74 Å². The molecule has 1 aromatic rings. The molecule has 2 fully saturated rings. The molecule has 0 radical (unpaired) electrons. The highest BCUT2D eigenvalue weighted by molar-refractivity contribution is 6.07. The van der Waals surface area contributed by atoms with E-state index in [1.165, 1.54) is 0 Å². The van der Waals surface area contributed by atoms with Gasteiger partial charge in [-0.2, -0.15) is 0 Å². The van der Waals surface area contributed by atoms with Crippen LogP contribution < -0.4 is 5.32 Å². The van der Waals surface area contributed by atoms with E-state index in [0.29, 0.717) is 12.8 Å². The van der Waals surface area contributed by atoms with Gasteiger partial charge in [0.25, 0.3) is 5.91 Å². The van der Waals surface area contributed by atoms with Crippen LogP contribution in [0.5, 0.6) is 0 Å². The molecule has 9 heteroatoms. The second-order valence-electron chi connectivity index (χ2n) is 8.01. The minimum Gasteiger partial charge on any atom is -0.466 e. The van der Waals surface area contributed by atoms with Gasteiger partial charge in [0.15, 0.2) is 0 Å². The number of imide groups is 1. The van der Waals surface area contributed by atoms with Gasteiger partial charge in [0.2, 0.25) is 5.91 Å². The van der Waals surface area contributed by atoms with Crippen LogP contribution in [0.15, 0.2) is 24.5 Å². The van der Waals surface area contributed by atoms with Gasteiger partial charge in [-0.1, -0.05) is 25.3 Å². The van der Waals surface area contributed by atoms with E-state index in [1.54, 1.807) is 30.3 Å². The van der Waals surface area contributed by atoms with Gasteiger partial charge in [-0.3, -0.25) is 24.3 Å². The predicted molar refractivity (Wildman–Crippen MR) is 112 cm³/mol. The lowest BCUT2D eigenvalue weighted by Crippen LogP contribution is -2.48. The predicted octanol–water partition coefficient (Wildman–Crippen LogP) is 2.01. The SMILES string of the molecule is CCOC(=O)CCN(Cc1cccnc1)C(=O)CCN1C(=O)NC2(CCCCC2)C1=O. The molecule has 1 aliphatic heterocycles. The van der Waals surface area contributed by atoms with E-state index >= 15 is 0 Å². The van der Waals surface area contributed by atoms with Gasteiger partial charge < -0.3 is 15.0 Å². The number of carbonyl (C=O) groups is 4. The van der Waals surface area contributed by atoms with Gasteiger partial charge in [-0.25, -0.2) is 4.79 Å². The maximum atomic E-state index is 12.9. The highest BCUT2D eigenvalue weighted by atomic mass is 16.5. The third-order valence-electron chi connectivity index (χ3n) is 5.84. The zero-order valence-corrected chi connectivity index (χ0v) is 18.0. The number of pyridine rings is 1. The number of hydrogen-bond donors (Lipinski definition) is 1. The fourth-order valence-corrected chi connectivity index (χ4v) is 4.20. The highest BCUT2D eigenvalue weighted by Crippen LogP contribution is 2.33. The molecule has 2 aliphatic rings. The fraction of sp³-hybridized carbons (Fsp3) is 0.591. The first-order valence-corrected chi connectivity index (χ1v) is 10.9. The molecular weight excluding hydrogens is 400 g/mol. The monoisotopic (exact) mass is 430 g/mol. The standard InChI is InChI=1S/C22H30N4O5/c1-2-31-19(28)9-13-25(16-17-7-6-12-23-15-17)18(27)8-14-26-20(29)22(24-21(26)30)10-4-3-5-11-22/h6-7,12,15H,2-5,8-11,13-14,16H2,1H3,(H,24,30). The van der Waals surface area contributed by atoms with Crippen molar-refractivity contribution in [2.45, 2.75) is 64.0 Å². The molecule has 1 spiro atoms. The van der Waals surface area contributed by atoms with E-state index < -0.39 is 11.6 Å². The first-order valence-electron chi connectivity index (χ1n) is 10.9. The lowest BCUT2D eigenvalue weighted by atomic mass is 9.82. The molecule has 1 saturated heterocycles. The zero-order valence-electron chi connectivity index (χ0n) is 18.0. The second-order valence-corrected chi connectivity index (χ2v) is 8.01. The number of esters is 1. The molecule has 0 aromatic carbocycles. The normalized spacial score (nSPS) is 17.5. The summed E-state index contributed by atoms with van der Waals surface area (Å²) in [6.07, 6.45) is 7.56. The Balaban J connectivity index is 1.61. The van der Waals surface area contributed by atoms with Gasteiger partial charge in [-0.15, -0.1) is 0 Å². The quantitative estimate of drug-likeness (QED) is 0.474. The van der Waals surface area contributed by atoms with E-state index in [2.05, 4.69) is 10.3 Å². The van der Waals surface area contributed by atoms with Crippen molar-refractivity contribution < 1.29 is 23.9 Å². The lowest BCUT2D eigenvalue weighted by molar-refractivity contribution is -0.144. The summed E-state index contributed by atoms with van der Waals surface area (Å²) in [6, 6.07) is 3.20. The van der Waals surface area contributed by atoms with Crippen molar-refractivity contribution in [2.75, 3.05) is 19.7 Å². The summed E-state index contributed by atoms with van der Waals surface area (Å²) < 4.78 is 4.96. The van der Waals surface area contributed by atoms with Crippen LogP contribution in [-0.4, -0.2) is 63.8 Å². The van der Waals surface area contributed by atoms with Crippen LogP contribution in [0, 0.1) is 0 Å². The lowest BCUT2D eigenvalue weighted by Gasteiger charge is -2.30. The molecule has 1 aliphatic carbocycles. The Kier molecular flexibility index (Phi) is 7.59. The molecule has 0 bridgehead atoms. The third kappa shape index (κ3) is 5.59. The number of ether oxygens (including phenoxy) is 1. The minimum atomic E-state index is -0.794. The summed E-state index contributed by atoms with van der Waals surface area (Å²) >= 11 is 0. The topological polar surface area (TPSA) is 109 Å². The van der Waals surface area contributed by atoms with E-state index in [9.17, 15) is 19.2 Å². The van der Waals surface area contributed by atoms with Crippen LogP contribution in [0.3, 0.4) is 0 Å². The van der Waals surface area contributed by atoms with Crippen LogP contribution in [0.25, 0.3) is 0 Å². The number of nitrogens with zero attached hydrogens (tertiary/aromatic N) is 3. The van der Waals surface area contributed by atoms with E-state index in [0.717, 1.165) is 29.7 Å². The molecule has 4 amide bonds. The Bertz CT molecular complexity index is 807. The van der Waals surface area contributed by atoms with Crippen molar-refractivity contribution in [3.63, 3.8) is 0 Å². The molecule has 1 N–H and O–H groups in total. The van der Waals surface area contributed by atoms with Crippen LogP contribution >= 0.6 is 0 Å². The van der Waals surface area contributed by atoms with Gasteiger partial charge in [0.1, 0.15) is 5.54 Å². The molecule has 31 heavy (non-hydrogen) atoms. The summed E-state index contributed by atoms with van der Waals surface area (Å²) in [5, 5.41) is 2.86. The summed E-state index contributed by atoms with van der Waals surface area (Å²) in [7, 11) is 0. The largest absolute Gasteiger partial charge is 0.466 e. The molecule has 3 rings (SSSR count). The average Bonchev–Trinajstić information content (AvgIpc) is 2.99. The molecule has 1 aromatic heterocycles. The van der Waals surface area contributed by atoms with Gasteiger partial charge in [-0.05, 0) is 31.4 Å². The molecular formula is C22H30N4O5. The van der Waals surface area contributed by atoms with Crippen LogP contribution in [0.2, 0.25) is 0 Å². The molecule has 168 valence electrons. The van der Waals surface area contributed by atoms with E-state index in [1.807, 2.05) is 6.07 Å². The van der Waals surface area contributed by atoms with E-state index in [-0.39, 0.29) is 56.9 Å². The Hall–Kier alpha value is -2.97. The summed E-state index contributed by atoms with van der Waals surface area (Å²) in [6.45, 7) is 2.51. The summed E-state index contributed by atoms with van der Waals surface area (Å²) in [5.74, 6) is -0.839. The molecule has 9 nitrogen and oxygen atoms in total. The number of carbonyl (C=O) groups excluding carboxylic acids is 4. The number of aromatic nitrogens is 1. The maximum absolute atomic E-state index is 12.9. The minimum absolute atomic E-state index is 0.00166. The zero-order chi connectivity index (χ0) is 22.3. The fourth-order valence-electron chi connectivity index (χ4n) is 4.20. The van der Waals surface area contributed by atoms with Crippen molar-refractivity contribution in [1.82, 2.24) is 20.1 Å². The summed E-state index contributed by atoms with van der Waals surface area (Å²) in [5.41, 5.74) is 0.0355. The Morgan fingerprint density at radius 2 is 2.00 bits per heavy atom. The number of urea groups is 1.